The van der Waals surface area contributed by atoms with Crippen LogP contribution >= 0.6 is 23.1 Å². The van der Waals surface area contributed by atoms with Crippen molar-refractivity contribution >= 4 is 34.2 Å². The molecular weight excluding hydrogens is 268 g/mol. The molecule has 0 radical (unpaired) electrons. The predicted octanol–water partition coefficient (Wildman–Crippen LogP) is 2.69. The Kier molecular flexibility index (Phi) is 5.04. The smallest absolute Gasteiger partial charge is 0.315 e. The van der Waals surface area contributed by atoms with Gasteiger partial charge in [-0.25, -0.2) is 4.98 Å². The fourth-order valence-electron chi connectivity index (χ4n) is 1.36. The first-order valence-corrected chi connectivity index (χ1v) is 7.99. The lowest BCUT2D eigenvalue weighted by Crippen LogP contribution is -2.32. The van der Waals surface area contributed by atoms with E-state index in [1.54, 1.807) is 25.6 Å². The second-order valence-electron chi connectivity index (χ2n) is 4.86. The molecule has 0 saturated heterocycles. The molecule has 6 heteroatoms. The minimum absolute atomic E-state index is 0.381. The Labute approximate surface area is 116 Å². The Balaban J connectivity index is 2.90. The van der Waals surface area contributed by atoms with Gasteiger partial charge in [0.15, 0.2) is 5.13 Å². The molecule has 1 N–H and O–H groups in total. The number of aromatic nitrogens is 1. The number of nitrogens with zero attached hydrogens (tertiary/aromatic N) is 2. The van der Waals surface area contributed by atoms with E-state index >= 15 is 0 Å². The third kappa shape index (κ3) is 3.17. The molecule has 0 aliphatic rings. The van der Waals surface area contributed by atoms with Gasteiger partial charge >= 0.3 is 5.97 Å². The summed E-state index contributed by atoms with van der Waals surface area (Å²) < 4.78 is 0. The fourth-order valence-corrected chi connectivity index (χ4v) is 3.13. The quantitative estimate of drug-likeness (QED) is 0.872. The number of thioether (sulfide) groups is 1. The molecule has 0 bridgehead atoms. The summed E-state index contributed by atoms with van der Waals surface area (Å²) in [6, 6.07) is 0.381. The van der Waals surface area contributed by atoms with E-state index < -0.39 is 11.4 Å². The van der Waals surface area contributed by atoms with Crippen molar-refractivity contribution in [2.45, 2.75) is 32.2 Å². The molecule has 1 aromatic heterocycles. The minimum Gasteiger partial charge on any atom is -0.481 e. The maximum Gasteiger partial charge on any atom is 0.315 e. The predicted molar refractivity (Wildman–Crippen MR) is 79.0 cm³/mol. The molecule has 1 rings (SSSR count). The topological polar surface area (TPSA) is 53.4 Å². The van der Waals surface area contributed by atoms with Crippen LogP contribution in [0.15, 0.2) is 5.38 Å². The molecule has 0 aromatic carbocycles. The lowest BCUT2D eigenvalue weighted by atomic mass is 9.90. The number of anilines is 1. The highest BCUT2D eigenvalue weighted by molar-refractivity contribution is 7.98. The zero-order chi connectivity index (χ0) is 13.9. The maximum atomic E-state index is 11.2. The summed E-state index contributed by atoms with van der Waals surface area (Å²) >= 11 is 3.29. The van der Waals surface area contributed by atoms with Crippen molar-refractivity contribution in [1.82, 2.24) is 4.98 Å². The number of hydrogen-bond donors (Lipinski definition) is 1. The standard InChI is InChI=1S/C12H20N2O2S2/c1-8(6-17-5)14(4)11-13-9(7-18-11)12(2,3)10(15)16/h7-8H,6H2,1-5H3,(H,15,16). The van der Waals surface area contributed by atoms with Gasteiger partial charge in [0.2, 0.25) is 0 Å². The zero-order valence-electron chi connectivity index (χ0n) is 11.4. The number of rotatable bonds is 6. The summed E-state index contributed by atoms with van der Waals surface area (Å²) in [7, 11) is 2.00. The van der Waals surface area contributed by atoms with E-state index in [1.807, 2.05) is 12.4 Å². The van der Waals surface area contributed by atoms with Crippen LogP contribution in [-0.4, -0.2) is 41.2 Å². The normalized spacial score (nSPS) is 13.4. The van der Waals surface area contributed by atoms with Crippen molar-refractivity contribution in [3.8, 4) is 0 Å². The van der Waals surface area contributed by atoms with Crippen LogP contribution in [0.4, 0.5) is 5.13 Å². The number of aliphatic carboxylic acids is 1. The molecule has 0 amide bonds. The van der Waals surface area contributed by atoms with Crippen LogP contribution in [0, 0.1) is 0 Å². The second-order valence-corrected chi connectivity index (χ2v) is 6.61. The zero-order valence-corrected chi connectivity index (χ0v) is 13.1. The van der Waals surface area contributed by atoms with Gasteiger partial charge in [-0.05, 0) is 27.0 Å². The van der Waals surface area contributed by atoms with E-state index in [0.29, 0.717) is 11.7 Å². The van der Waals surface area contributed by atoms with Gasteiger partial charge in [0.25, 0.3) is 0 Å². The van der Waals surface area contributed by atoms with Crippen LogP contribution < -0.4 is 4.90 Å². The van der Waals surface area contributed by atoms with E-state index in [2.05, 4.69) is 23.1 Å². The third-order valence-corrected chi connectivity index (χ3v) is 4.78. The summed E-state index contributed by atoms with van der Waals surface area (Å²) in [4.78, 5) is 17.7. The van der Waals surface area contributed by atoms with Crippen LogP contribution in [0.2, 0.25) is 0 Å². The van der Waals surface area contributed by atoms with Gasteiger partial charge in [0.1, 0.15) is 5.41 Å². The van der Waals surface area contributed by atoms with Crippen molar-refractivity contribution in [2.75, 3.05) is 24.0 Å². The third-order valence-electron chi connectivity index (χ3n) is 3.04. The summed E-state index contributed by atoms with van der Waals surface area (Å²) in [5.74, 6) is 0.174. The number of hydrogen-bond acceptors (Lipinski definition) is 5. The van der Waals surface area contributed by atoms with Crippen LogP contribution in [-0.2, 0) is 10.2 Å². The molecule has 0 aliphatic heterocycles. The molecule has 1 heterocycles. The number of carboxylic acids is 1. The summed E-state index contributed by atoms with van der Waals surface area (Å²) in [6.07, 6.45) is 2.07. The average Bonchev–Trinajstić information content (AvgIpc) is 2.77. The van der Waals surface area contributed by atoms with E-state index in [9.17, 15) is 9.90 Å². The highest BCUT2D eigenvalue weighted by Gasteiger charge is 2.32. The molecule has 18 heavy (non-hydrogen) atoms. The molecule has 1 atom stereocenters. The van der Waals surface area contributed by atoms with Gasteiger partial charge in [-0.2, -0.15) is 11.8 Å². The Bertz CT molecular complexity index is 418. The Hall–Kier alpha value is -0.750. The highest BCUT2D eigenvalue weighted by atomic mass is 32.2. The number of thiazole rings is 1. The van der Waals surface area contributed by atoms with E-state index in [0.717, 1.165) is 10.9 Å². The van der Waals surface area contributed by atoms with Gasteiger partial charge < -0.3 is 10.0 Å². The van der Waals surface area contributed by atoms with Crippen molar-refractivity contribution in [2.24, 2.45) is 0 Å². The van der Waals surface area contributed by atoms with E-state index in [4.69, 9.17) is 0 Å². The summed E-state index contributed by atoms with van der Waals surface area (Å²) in [6.45, 7) is 5.50. The van der Waals surface area contributed by atoms with Gasteiger partial charge in [0, 0.05) is 24.2 Å². The molecule has 4 nitrogen and oxygen atoms in total. The Morgan fingerprint density at radius 2 is 2.28 bits per heavy atom. The number of carbonyl (C=O) groups is 1. The Morgan fingerprint density at radius 3 is 2.78 bits per heavy atom. The van der Waals surface area contributed by atoms with Crippen molar-refractivity contribution in [3.05, 3.63) is 11.1 Å². The monoisotopic (exact) mass is 288 g/mol. The summed E-state index contributed by atoms with van der Waals surface area (Å²) in [5.41, 5.74) is -0.309. The SMILES string of the molecule is CSCC(C)N(C)c1nc(C(C)(C)C(=O)O)cs1. The van der Waals surface area contributed by atoms with Crippen LogP contribution in [0.25, 0.3) is 0 Å². The van der Waals surface area contributed by atoms with Crippen molar-refractivity contribution in [1.29, 1.82) is 0 Å². The van der Waals surface area contributed by atoms with Crippen LogP contribution in [0.5, 0.6) is 0 Å². The lowest BCUT2D eigenvalue weighted by Gasteiger charge is -2.23. The summed E-state index contributed by atoms with van der Waals surface area (Å²) in [5, 5.41) is 11.9. The first-order valence-electron chi connectivity index (χ1n) is 5.71. The van der Waals surface area contributed by atoms with Gasteiger partial charge in [-0.15, -0.1) is 11.3 Å². The molecule has 0 spiro atoms. The molecule has 1 unspecified atom stereocenters. The minimum atomic E-state index is -0.932. The fraction of sp³-hybridized carbons (Fsp3) is 0.667. The molecule has 0 aliphatic carbocycles. The Morgan fingerprint density at radius 1 is 1.67 bits per heavy atom. The van der Waals surface area contributed by atoms with Gasteiger partial charge in [-0.1, -0.05) is 0 Å². The van der Waals surface area contributed by atoms with Crippen molar-refractivity contribution < 1.29 is 9.90 Å². The van der Waals surface area contributed by atoms with Gasteiger partial charge in [0.05, 0.1) is 5.69 Å². The first kappa shape index (κ1) is 15.3. The highest BCUT2D eigenvalue weighted by Crippen LogP contribution is 2.29. The first-order chi connectivity index (χ1) is 8.30. The van der Waals surface area contributed by atoms with Gasteiger partial charge in [-0.3, -0.25) is 4.79 Å². The molecule has 0 fully saturated rings. The van der Waals surface area contributed by atoms with Crippen molar-refractivity contribution in [3.63, 3.8) is 0 Å². The van der Waals surface area contributed by atoms with Crippen LogP contribution in [0.3, 0.4) is 0 Å². The molecule has 102 valence electrons. The number of carboxylic acid groups (broad SMARTS) is 1. The largest absolute Gasteiger partial charge is 0.481 e. The average molecular weight is 288 g/mol. The molecular formula is C12H20N2O2S2. The maximum absolute atomic E-state index is 11.2. The van der Waals surface area contributed by atoms with E-state index in [-0.39, 0.29) is 0 Å². The molecule has 1 aromatic rings. The van der Waals surface area contributed by atoms with Crippen LogP contribution in [0.1, 0.15) is 26.5 Å². The molecule has 0 saturated carbocycles. The lowest BCUT2D eigenvalue weighted by molar-refractivity contribution is -0.142. The van der Waals surface area contributed by atoms with E-state index in [1.165, 1.54) is 11.3 Å². The second kappa shape index (κ2) is 5.93.